The van der Waals surface area contributed by atoms with E-state index < -0.39 is 16.6 Å². The summed E-state index contributed by atoms with van der Waals surface area (Å²) in [6.07, 6.45) is 4.86. The van der Waals surface area contributed by atoms with Gasteiger partial charge in [-0.1, -0.05) is 54.9 Å². The van der Waals surface area contributed by atoms with E-state index in [1.807, 2.05) is 0 Å². The van der Waals surface area contributed by atoms with Crippen molar-refractivity contribution in [1.82, 2.24) is 0 Å². The summed E-state index contributed by atoms with van der Waals surface area (Å²) in [7, 11) is -2.28. The summed E-state index contributed by atoms with van der Waals surface area (Å²) in [4.78, 5) is 11.9. The van der Waals surface area contributed by atoms with Gasteiger partial charge in [0.25, 0.3) is 0 Å². The first-order chi connectivity index (χ1) is 13.4. The number of methoxy groups -OCH3 is 1. The van der Waals surface area contributed by atoms with E-state index >= 15 is 0 Å². The Kier molecular flexibility index (Phi) is 9.06. The zero-order chi connectivity index (χ0) is 23.6. The van der Waals surface area contributed by atoms with E-state index in [0.717, 1.165) is 32.3 Å². The van der Waals surface area contributed by atoms with E-state index in [-0.39, 0.29) is 27.6 Å². The topological polar surface area (TPSA) is 44.8 Å². The number of ether oxygens (including phenoxy) is 1. The summed E-state index contributed by atoms with van der Waals surface area (Å²) in [5.74, 6) is 0.187. The van der Waals surface area contributed by atoms with Crippen LogP contribution in [0, 0.1) is 11.3 Å². The number of hydrogen-bond donors (Lipinski definition) is 0. The molecule has 0 aromatic carbocycles. The van der Waals surface area contributed by atoms with Crippen LogP contribution in [-0.4, -0.2) is 42.4 Å². The molecule has 1 aliphatic carbocycles. The van der Waals surface area contributed by atoms with Crippen LogP contribution in [0.2, 0.25) is 36.3 Å². The Balaban J connectivity index is 3.16. The molecule has 1 aliphatic rings. The molecule has 0 aromatic heterocycles. The van der Waals surface area contributed by atoms with Gasteiger partial charge in [-0.2, -0.15) is 0 Å². The molecule has 6 heteroatoms. The minimum absolute atomic E-state index is 0.0296. The first-order valence-corrected chi connectivity index (χ1v) is 17.6. The minimum Gasteiger partial charge on any atom is -0.469 e. The molecule has 0 aliphatic heterocycles. The molecule has 0 amide bonds. The highest BCUT2D eigenvalue weighted by molar-refractivity contribution is 6.74. The van der Waals surface area contributed by atoms with E-state index in [4.69, 9.17) is 13.6 Å². The third-order valence-electron chi connectivity index (χ3n) is 8.39. The summed E-state index contributed by atoms with van der Waals surface area (Å²) >= 11 is 0. The van der Waals surface area contributed by atoms with E-state index in [1.54, 1.807) is 0 Å². The lowest BCUT2D eigenvalue weighted by atomic mass is 9.64. The van der Waals surface area contributed by atoms with E-state index in [9.17, 15) is 4.79 Å². The zero-order valence-electron chi connectivity index (χ0n) is 22.0. The van der Waals surface area contributed by atoms with Crippen LogP contribution in [0.3, 0.4) is 0 Å². The SMILES string of the molecule is COC(=O)CC[C@]1(C)CCC[C@@H](O[Si](C)(C)C(C)(C)C)[C@H]1CO[Si](C)(C)C(C)(C)C. The second kappa shape index (κ2) is 9.76. The molecule has 1 saturated carbocycles. The Hall–Kier alpha value is -0.176. The molecule has 0 unspecified atom stereocenters. The molecular weight excluding hydrogens is 408 g/mol. The number of esters is 1. The summed E-state index contributed by atoms with van der Waals surface area (Å²) < 4.78 is 18.7. The van der Waals surface area contributed by atoms with Crippen molar-refractivity contribution in [3.8, 4) is 0 Å². The Morgan fingerprint density at radius 3 is 2.00 bits per heavy atom. The van der Waals surface area contributed by atoms with Gasteiger partial charge < -0.3 is 13.6 Å². The fourth-order valence-electron chi connectivity index (χ4n) is 3.86. The molecule has 0 aromatic rings. The van der Waals surface area contributed by atoms with Crippen molar-refractivity contribution >= 4 is 22.6 Å². The Labute approximate surface area is 189 Å². The van der Waals surface area contributed by atoms with Crippen LogP contribution >= 0.6 is 0 Å². The third kappa shape index (κ3) is 6.91. The van der Waals surface area contributed by atoms with Gasteiger partial charge in [0, 0.05) is 18.9 Å². The van der Waals surface area contributed by atoms with Crippen LogP contribution < -0.4 is 0 Å². The van der Waals surface area contributed by atoms with Crippen molar-refractivity contribution in [2.24, 2.45) is 11.3 Å². The summed E-state index contributed by atoms with van der Waals surface area (Å²) in [6.45, 7) is 26.2. The molecule has 0 saturated heterocycles. The Morgan fingerprint density at radius 1 is 1.00 bits per heavy atom. The van der Waals surface area contributed by atoms with E-state index in [2.05, 4.69) is 74.7 Å². The van der Waals surface area contributed by atoms with Gasteiger partial charge >= 0.3 is 5.97 Å². The third-order valence-corrected chi connectivity index (χ3v) is 17.4. The predicted molar refractivity (Wildman–Crippen MR) is 132 cm³/mol. The molecule has 178 valence electrons. The monoisotopic (exact) mass is 458 g/mol. The van der Waals surface area contributed by atoms with Gasteiger partial charge in [-0.3, -0.25) is 4.79 Å². The molecule has 0 radical (unpaired) electrons. The number of rotatable bonds is 8. The lowest BCUT2D eigenvalue weighted by Gasteiger charge is -2.51. The van der Waals surface area contributed by atoms with Crippen LogP contribution in [0.1, 0.15) is 80.6 Å². The Bertz CT molecular complexity index is 575. The van der Waals surface area contributed by atoms with Gasteiger partial charge in [-0.25, -0.2) is 0 Å². The van der Waals surface area contributed by atoms with Gasteiger partial charge in [0.2, 0.25) is 0 Å². The van der Waals surface area contributed by atoms with Crippen LogP contribution in [0.4, 0.5) is 0 Å². The van der Waals surface area contributed by atoms with Crippen molar-refractivity contribution in [2.45, 2.75) is 123 Å². The van der Waals surface area contributed by atoms with Crippen molar-refractivity contribution in [3.05, 3.63) is 0 Å². The highest BCUT2D eigenvalue weighted by Crippen LogP contribution is 2.49. The molecule has 1 fully saturated rings. The van der Waals surface area contributed by atoms with Gasteiger partial charge in [0.15, 0.2) is 16.6 Å². The van der Waals surface area contributed by atoms with Gasteiger partial charge in [0.1, 0.15) is 0 Å². The number of carbonyl (C=O) groups excluding carboxylic acids is 1. The average Bonchev–Trinajstić information content (AvgIpc) is 2.56. The number of hydrogen-bond acceptors (Lipinski definition) is 4. The van der Waals surface area contributed by atoms with Crippen LogP contribution in [-0.2, 0) is 18.4 Å². The van der Waals surface area contributed by atoms with E-state index in [0.29, 0.717) is 12.3 Å². The molecular formula is C24H50O4Si2. The zero-order valence-corrected chi connectivity index (χ0v) is 24.0. The maximum Gasteiger partial charge on any atom is 0.305 e. The largest absolute Gasteiger partial charge is 0.469 e. The van der Waals surface area contributed by atoms with Crippen molar-refractivity contribution in [2.75, 3.05) is 13.7 Å². The summed E-state index contributed by atoms with van der Waals surface area (Å²) in [6, 6.07) is 0. The maximum absolute atomic E-state index is 11.9. The lowest BCUT2D eigenvalue weighted by Crippen LogP contribution is -2.53. The van der Waals surface area contributed by atoms with Crippen LogP contribution in [0.25, 0.3) is 0 Å². The molecule has 0 spiro atoms. The van der Waals surface area contributed by atoms with Crippen LogP contribution in [0.15, 0.2) is 0 Å². The normalized spacial score (nSPS) is 26.5. The maximum atomic E-state index is 11.9. The average molecular weight is 459 g/mol. The van der Waals surface area contributed by atoms with Crippen molar-refractivity contribution < 1.29 is 18.4 Å². The standard InChI is InChI=1S/C24H50O4Si2/c1-22(2,3)29(9,10)27-18-19-20(28-30(11,12)23(4,5)6)14-13-16-24(19,7)17-15-21(25)26-8/h19-20H,13-18H2,1-12H3/t19-,20-,24+/m1/s1. The second-order valence-corrected chi connectivity index (χ2v) is 22.3. The highest BCUT2D eigenvalue weighted by atomic mass is 28.4. The van der Waals surface area contributed by atoms with E-state index in [1.165, 1.54) is 7.11 Å². The van der Waals surface area contributed by atoms with Gasteiger partial charge in [0.05, 0.1) is 13.2 Å². The predicted octanol–water partition coefficient (Wildman–Crippen LogP) is 7.16. The van der Waals surface area contributed by atoms with Gasteiger partial charge in [-0.05, 0) is 60.9 Å². The van der Waals surface area contributed by atoms with Crippen LogP contribution in [0.5, 0.6) is 0 Å². The number of carbonyl (C=O) groups is 1. The minimum atomic E-state index is -1.90. The van der Waals surface area contributed by atoms with Gasteiger partial charge in [-0.15, -0.1) is 0 Å². The molecule has 1 rings (SSSR count). The molecule has 4 nitrogen and oxygen atoms in total. The smallest absolute Gasteiger partial charge is 0.305 e. The Morgan fingerprint density at radius 2 is 1.53 bits per heavy atom. The second-order valence-electron chi connectivity index (χ2n) is 12.7. The first-order valence-electron chi connectivity index (χ1n) is 11.7. The highest BCUT2D eigenvalue weighted by Gasteiger charge is 2.48. The molecule has 30 heavy (non-hydrogen) atoms. The molecule has 0 heterocycles. The fourth-order valence-corrected chi connectivity index (χ4v) is 6.28. The summed E-state index contributed by atoms with van der Waals surface area (Å²) in [5, 5.41) is 0.359. The molecule has 0 bridgehead atoms. The summed E-state index contributed by atoms with van der Waals surface area (Å²) in [5.41, 5.74) is 0.0296. The molecule has 3 atom stereocenters. The fraction of sp³-hybridized carbons (Fsp3) is 0.958. The van der Waals surface area contributed by atoms with Crippen molar-refractivity contribution in [3.63, 3.8) is 0 Å². The quantitative estimate of drug-likeness (QED) is 0.286. The lowest BCUT2D eigenvalue weighted by molar-refractivity contribution is -0.142. The van der Waals surface area contributed by atoms with Crippen molar-refractivity contribution in [1.29, 1.82) is 0 Å². The first kappa shape index (κ1) is 27.9. The molecule has 0 N–H and O–H groups in total.